The monoisotopic (exact) mass is 208 g/mol. The van der Waals surface area contributed by atoms with Crippen molar-refractivity contribution in [3.05, 3.63) is 18.5 Å². The largest absolute Gasteiger partial charge is 0.344 e. The Morgan fingerprint density at radius 1 is 1.33 bits per heavy atom. The van der Waals surface area contributed by atoms with Gasteiger partial charge in [0, 0.05) is 32.0 Å². The van der Waals surface area contributed by atoms with Gasteiger partial charge in [-0.05, 0) is 18.4 Å². The van der Waals surface area contributed by atoms with Crippen LogP contribution in [0, 0.1) is 5.92 Å². The van der Waals surface area contributed by atoms with E-state index in [4.69, 9.17) is 5.73 Å². The molecule has 2 N–H and O–H groups in total. The minimum Gasteiger partial charge on any atom is -0.344 e. The number of nitrogens with zero attached hydrogens (tertiary/aromatic N) is 3. The zero-order valence-electron chi connectivity index (χ0n) is 9.72. The van der Waals surface area contributed by atoms with Gasteiger partial charge in [-0.15, -0.1) is 0 Å². The Hall–Kier alpha value is -1.16. The molecule has 0 spiro atoms. The first-order valence-electron chi connectivity index (χ1n) is 5.35. The van der Waals surface area contributed by atoms with Crippen LogP contribution in [0.4, 0.5) is 5.95 Å². The molecule has 0 radical (unpaired) electrons. The second-order valence-electron chi connectivity index (χ2n) is 4.17. The van der Waals surface area contributed by atoms with E-state index in [1.165, 1.54) is 0 Å². The van der Waals surface area contributed by atoms with Gasteiger partial charge in [-0.25, -0.2) is 9.97 Å². The number of nitrogens with two attached hydrogens (primary N) is 1. The van der Waals surface area contributed by atoms with Crippen molar-refractivity contribution in [2.75, 3.05) is 18.5 Å². The van der Waals surface area contributed by atoms with E-state index in [0.29, 0.717) is 5.92 Å². The van der Waals surface area contributed by atoms with E-state index in [-0.39, 0.29) is 6.04 Å². The average molecular weight is 208 g/mol. The van der Waals surface area contributed by atoms with E-state index < -0.39 is 0 Å². The molecule has 0 fully saturated rings. The standard InChI is InChI=1S/C11H20N4/c1-9(2)10(12)5-8-15(3)11-13-6-4-7-14-11/h4,6-7,9-10H,5,8,12H2,1-3H3. The van der Waals surface area contributed by atoms with Crippen molar-refractivity contribution in [2.45, 2.75) is 26.3 Å². The molecule has 0 aliphatic carbocycles. The molecule has 0 aliphatic heterocycles. The van der Waals surface area contributed by atoms with E-state index in [9.17, 15) is 0 Å². The van der Waals surface area contributed by atoms with Crippen LogP contribution in [-0.2, 0) is 0 Å². The molecule has 0 saturated heterocycles. The Labute approximate surface area is 91.5 Å². The first kappa shape index (κ1) is 11.9. The maximum Gasteiger partial charge on any atom is 0.224 e. The van der Waals surface area contributed by atoms with Gasteiger partial charge in [0.2, 0.25) is 5.95 Å². The van der Waals surface area contributed by atoms with Crippen molar-refractivity contribution in [1.82, 2.24) is 9.97 Å². The normalized spacial score (nSPS) is 12.9. The van der Waals surface area contributed by atoms with Gasteiger partial charge in [-0.2, -0.15) is 0 Å². The fourth-order valence-corrected chi connectivity index (χ4v) is 1.26. The Kier molecular flexibility index (Phi) is 4.49. The molecule has 1 aromatic heterocycles. The highest BCUT2D eigenvalue weighted by Gasteiger charge is 2.09. The molecule has 1 unspecified atom stereocenters. The highest BCUT2D eigenvalue weighted by molar-refractivity contribution is 5.26. The summed E-state index contributed by atoms with van der Waals surface area (Å²) in [5.74, 6) is 1.28. The molecule has 15 heavy (non-hydrogen) atoms. The molecule has 0 saturated carbocycles. The van der Waals surface area contributed by atoms with Gasteiger partial charge in [0.15, 0.2) is 0 Å². The third kappa shape index (κ3) is 3.83. The Bertz CT molecular complexity index is 273. The van der Waals surface area contributed by atoms with E-state index in [2.05, 4.69) is 23.8 Å². The lowest BCUT2D eigenvalue weighted by atomic mass is 10.0. The first-order valence-corrected chi connectivity index (χ1v) is 5.35. The Morgan fingerprint density at radius 2 is 1.93 bits per heavy atom. The lowest BCUT2D eigenvalue weighted by Gasteiger charge is -2.21. The molecule has 0 aliphatic rings. The summed E-state index contributed by atoms with van der Waals surface area (Å²) in [6.45, 7) is 5.18. The molecule has 1 atom stereocenters. The van der Waals surface area contributed by atoms with Crippen molar-refractivity contribution in [3.8, 4) is 0 Å². The summed E-state index contributed by atoms with van der Waals surface area (Å²) in [5.41, 5.74) is 5.98. The molecule has 1 aromatic rings. The van der Waals surface area contributed by atoms with Crippen LogP contribution in [0.25, 0.3) is 0 Å². The van der Waals surface area contributed by atoms with Gasteiger partial charge in [0.1, 0.15) is 0 Å². The number of anilines is 1. The van der Waals surface area contributed by atoms with E-state index in [1.54, 1.807) is 12.4 Å². The van der Waals surface area contributed by atoms with Gasteiger partial charge in [0.05, 0.1) is 0 Å². The molecular weight excluding hydrogens is 188 g/mol. The molecule has 0 aromatic carbocycles. The third-order valence-corrected chi connectivity index (χ3v) is 2.55. The number of hydrogen-bond acceptors (Lipinski definition) is 4. The molecule has 4 nitrogen and oxygen atoms in total. The maximum atomic E-state index is 5.98. The predicted octanol–water partition coefficient (Wildman–Crippen LogP) is 1.29. The number of rotatable bonds is 5. The number of aromatic nitrogens is 2. The molecule has 0 bridgehead atoms. The average Bonchev–Trinajstić information content (AvgIpc) is 2.26. The summed E-state index contributed by atoms with van der Waals surface area (Å²) in [5, 5.41) is 0. The summed E-state index contributed by atoms with van der Waals surface area (Å²) >= 11 is 0. The van der Waals surface area contributed by atoms with Crippen LogP contribution in [-0.4, -0.2) is 29.6 Å². The highest BCUT2D eigenvalue weighted by atomic mass is 15.2. The number of hydrogen-bond donors (Lipinski definition) is 1. The lowest BCUT2D eigenvalue weighted by Crippen LogP contribution is -2.32. The van der Waals surface area contributed by atoms with Gasteiger partial charge < -0.3 is 10.6 Å². The topological polar surface area (TPSA) is 55.0 Å². The molecule has 1 heterocycles. The van der Waals surface area contributed by atoms with Crippen molar-refractivity contribution in [1.29, 1.82) is 0 Å². The van der Waals surface area contributed by atoms with Gasteiger partial charge in [0.25, 0.3) is 0 Å². The SMILES string of the molecule is CC(C)C(N)CCN(C)c1ncccn1. The second-order valence-corrected chi connectivity index (χ2v) is 4.17. The fraction of sp³-hybridized carbons (Fsp3) is 0.636. The quantitative estimate of drug-likeness (QED) is 0.792. The fourth-order valence-electron chi connectivity index (χ4n) is 1.26. The zero-order chi connectivity index (χ0) is 11.3. The van der Waals surface area contributed by atoms with Crippen molar-refractivity contribution >= 4 is 5.95 Å². The van der Waals surface area contributed by atoms with Gasteiger partial charge in [-0.3, -0.25) is 0 Å². The minimum absolute atomic E-state index is 0.246. The van der Waals surface area contributed by atoms with Crippen LogP contribution in [0.1, 0.15) is 20.3 Å². The summed E-state index contributed by atoms with van der Waals surface area (Å²) in [6.07, 6.45) is 4.47. The van der Waals surface area contributed by atoms with Crippen LogP contribution in [0.15, 0.2) is 18.5 Å². The van der Waals surface area contributed by atoms with Gasteiger partial charge >= 0.3 is 0 Å². The Balaban J connectivity index is 2.40. The van der Waals surface area contributed by atoms with E-state index >= 15 is 0 Å². The zero-order valence-corrected chi connectivity index (χ0v) is 9.72. The summed E-state index contributed by atoms with van der Waals surface area (Å²) in [7, 11) is 1.99. The predicted molar refractivity (Wildman–Crippen MR) is 62.7 cm³/mol. The van der Waals surface area contributed by atoms with Crippen molar-refractivity contribution < 1.29 is 0 Å². The van der Waals surface area contributed by atoms with Crippen LogP contribution in [0.2, 0.25) is 0 Å². The lowest BCUT2D eigenvalue weighted by molar-refractivity contribution is 0.465. The maximum absolute atomic E-state index is 5.98. The van der Waals surface area contributed by atoms with Gasteiger partial charge in [-0.1, -0.05) is 13.8 Å². The molecule has 4 heteroatoms. The highest BCUT2D eigenvalue weighted by Crippen LogP contribution is 2.07. The minimum atomic E-state index is 0.246. The summed E-state index contributed by atoms with van der Waals surface area (Å²) < 4.78 is 0. The molecule has 0 amide bonds. The second kappa shape index (κ2) is 5.66. The first-order chi connectivity index (χ1) is 7.11. The molecule has 1 rings (SSSR count). The van der Waals surface area contributed by atoms with Crippen LogP contribution >= 0.6 is 0 Å². The van der Waals surface area contributed by atoms with Crippen LogP contribution in [0.5, 0.6) is 0 Å². The van der Waals surface area contributed by atoms with Crippen molar-refractivity contribution in [2.24, 2.45) is 11.7 Å². The molecule has 84 valence electrons. The van der Waals surface area contributed by atoms with Crippen LogP contribution < -0.4 is 10.6 Å². The van der Waals surface area contributed by atoms with Crippen LogP contribution in [0.3, 0.4) is 0 Å². The van der Waals surface area contributed by atoms with E-state index in [1.807, 2.05) is 18.0 Å². The summed E-state index contributed by atoms with van der Waals surface area (Å²) in [6, 6.07) is 2.06. The Morgan fingerprint density at radius 3 is 2.47 bits per heavy atom. The summed E-state index contributed by atoms with van der Waals surface area (Å²) in [4.78, 5) is 10.4. The third-order valence-electron chi connectivity index (χ3n) is 2.55. The van der Waals surface area contributed by atoms with Crippen molar-refractivity contribution in [3.63, 3.8) is 0 Å². The van der Waals surface area contributed by atoms with E-state index in [0.717, 1.165) is 18.9 Å². The smallest absolute Gasteiger partial charge is 0.224 e. The molecular formula is C11H20N4.